The van der Waals surface area contributed by atoms with Crippen LogP contribution in [0.4, 0.5) is 14.5 Å². The summed E-state index contributed by atoms with van der Waals surface area (Å²) < 4.78 is 33.3. The molecule has 2 aromatic rings. The van der Waals surface area contributed by atoms with Gasteiger partial charge in [-0.2, -0.15) is 0 Å². The van der Waals surface area contributed by atoms with Crippen molar-refractivity contribution in [2.45, 2.75) is 26.1 Å². The Balaban J connectivity index is 1.75. The van der Waals surface area contributed by atoms with Crippen LogP contribution >= 0.6 is 0 Å². The van der Waals surface area contributed by atoms with E-state index in [1.54, 1.807) is 12.3 Å². The number of pyridine rings is 1. The van der Waals surface area contributed by atoms with E-state index in [1.165, 1.54) is 6.07 Å². The summed E-state index contributed by atoms with van der Waals surface area (Å²) in [6, 6.07) is 4.01. The maximum absolute atomic E-state index is 13.9. The molecule has 130 valence electrons. The van der Waals surface area contributed by atoms with Crippen molar-refractivity contribution < 1.29 is 13.5 Å². The Morgan fingerprint density at radius 1 is 1.25 bits per heavy atom. The van der Waals surface area contributed by atoms with Crippen molar-refractivity contribution in [2.75, 3.05) is 38.1 Å². The summed E-state index contributed by atoms with van der Waals surface area (Å²) in [5.74, 6) is -1.21. The minimum absolute atomic E-state index is 0.203. The SMILES string of the molecule is C[C@@H]1CN(CCN(C)c2ccnc3c(F)cc(F)cc23)C[C@H](C)O1. The molecular formula is C18H23F2N3O. The van der Waals surface area contributed by atoms with E-state index in [0.717, 1.165) is 37.9 Å². The Kier molecular flexibility index (Phi) is 4.96. The van der Waals surface area contributed by atoms with E-state index in [2.05, 4.69) is 23.7 Å². The summed E-state index contributed by atoms with van der Waals surface area (Å²) >= 11 is 0. The Morgan fingerprint density at radius 2 is 1.96 bits per heavy atom. The van der Waals surface area contributed by atoms with Crippen LogP contribution in [-0.4, -0.2) is 55.3 Å². The molecule has 1 aliphatic rings. The monoisotopic (exact) mass is 335 g/mol. The first kappa shape index (κ1) is 17.0. The third-order valence-corrected chi connectivity index (χ3v) is 4.40. The van der Waals surface area contributed by atoms with Gasteiger partial charge in [-0.15, -0.1) is 0 Å². The first-order valence-corrected chi connectivity index (χ1v) is 8.26. The molecule has 0 bridgehead atoms. The number of halogens is 2. The number of morpholine rings is 1. The molecule has 1 saturated heterocycles. The molecular weight excluding hydrogens is 312 g/mol. The Labute approximate surface area is 141 Å². The average Bonchev–Trinajstić information content (AvgIpc) is 2.51. The number of likely N-dealkylation sites (N-methyl/N-ethyl adjacent to an activating group) is 1. The lowest BCUT2D eigenvalue weighted by Crippen LogP contribution is -2.47. The highest BCUT2D eigenvalue weighted by Crippen LogP contribution is 2.27. The van der Waals surface area contributed by atoms with Crippen LogP contribution in [0.1, 0.15) is 13.8 Å². The first-order chi connectivity index (χ1) is 11.4. The third kappa shape index (κ3) is 3.65. The highest BCUT2D eigenvalue weighted by molar-refractivity contribution is 5.91. The number of hydrogen-bond donors (Lipinski definition) is 0. The molecule has 0 saturated carbocycles. The lowest BCUT2D eigenvalue weighted by atomic mass is 10.1. The fourth-order valence-electron chi connectivity index (χ4n) is 3.38. The van der Waals surface area contributed by atoms with Crippen molar-refractivity contribution in [3.8, 4) is 0 Å². The lowest BCUT2D eigenvalue weighted by Gasteiger charge is -2.36. The number of anilines is 1. The van der Waals surface area contributed by atoms with Crippen LogP contribution in [0, 0.1) is 11.6 Å². The van der Waals surface area contributed by atoms with E-state index < -0.39 is 11.6 Å². The van der Waals surface area contributed by atoms with Crippen molar-refractivity contribution in [1.82, 2.24) is 9.88 Å². The van der Waals surface area contributed by atoms with Crippen LogP contribution in [0.25, 0.3) is 10.9 Å². The molecule has 2 heterocycles. The molecule has 3 rings (SSSR count). The van der Waals surface area contributed by atoms with Crippen molar-refractivity contribution in [2.24, 2.45) is 0 Å². The summed E-state index contributed by atoms with van der Waals surface area (Å²) in [6.07, 6.45) is 2.02. The summed E-state index contributed by atoms with van der Waals surface area (Å²) in [6.45, 7) is 7.59. The van der Waals surface area contributed by atoms with Crippen LogP contribution in [0.5, 0.6) is 0 Å². The van der Waals surface area contributed by atoms with Gasteiger partial charge in [0.05, 0.1) is 12.2 Å². The molecule has 0 aliphatic carbocycles. The van der Waals surface area contributed by atoms with Crippen molar-refractivity contribution in [3.63, 3.8) is 0 Å². The van der Waals surface area contributed by atoms with E-state index in [-0.39, 0.29) is 17.7 Å². The van der Waals surface area contributed by atoms with Gasteiger partial charge in [-0.1, -0.05) is 0 Å². The zero-order valence-electron chi connectivity index (χ0n) is 14.3. The number of ether oxygens (including phenoxy) is 1. The molecule has 0 amide bonds. The largest absolute Gasteiger partial charge is 0.373 e. The van der Waals surface area contributed by atoms with Gasteiger partial charge in [0.1, 0.15) is 11.3 Å². The smallest absolute Gasteiger partial charge is 0.152 e. The van der Waals surface area contributed by atoms with Crippen molar-refractivity contribution in [1.29, 1.82) is 0 Å². The molecule has 0 spiro atoms. The highest BCUT2D eigenvalue weighted by atomic mass is 19.1. The Bertz CT molecular complexity index is 715. The van der Waals surface area contributed by atoms with E-state index >= 15 is 0 Å². The number of hydrogen-bond acceptors (Lipinski definition) is 4. The van der Waals surface area contributed by atoms with Gasteiger partial charge >= 0.3 is 0 Å². The topological polar surface area (TPSA) is 28.6 Å². The number of fused-ring (bicyclic) bond motifs is 1. The molecule has 4 nitrogen and oxygen atoms in total. The van der Waals surface area contributed by atoms with Crippen LogP contribution < -0.4 is 4.90 Å². The Hall–Kier alpha value is -1.79. The summed E-state index contributed by atoms with van der Waals surface area (Å²) in [5, 5.41) is 0.501. The molecule has 0 radical (unpaired) electrons. The summed E-state index contributed by atoms with van der Waals surface area (Å²) in [4.78, 5) is 8.42. The third-order valence-electron chi connectivity index (χ3n) is 4.40. The second kappa shape index (κ2) is 6.99. The molecule has 2 atom stereocenters. The predicted octanol–water partition coefficient (Wildman–Crippen LogP) is 3.06. The minimum atomic E-state index is -0.629. The fraction of sp³-hybridized carbons (Fsp3) is 0.500. The van der Waals surface area contributed by atoms with Crippen molar-refractivity contribution in [3.05, 3.63) is 36.0 Å². The maximum atomic E-state index is 13.9. The predicted molar refractivity (Wildman–Crippen MR) is 91.4 cm³/mol. The zero-order valence-corrected chi connectivity index (χ0v) is 14.3. The van der Waals surface area contributed by atoms with E-state index in [4.69, 9.17) is 4.74 Å². The van der Waals surface area contributed by atoms with Gasteiger partial charge in [-0.05, 0) is 26.0 Å². The van der Waals surface area contributed by atoms with Gasteiger partial charge in [0.25, 0.3) is 0 Å². The molecule has 1 aromatic heterocycles. The highest BCUT2D eigenvalue weighted by Gasteiger charge is 2.22. The number of benzene rings is 1. The Morgan fingerprint density at radius 3 is 2.67 bits per heavy atom. The van der Waals surface area contributed by atoms with Gasteiger partial charge in [0.15, 0.2) is 5.82 Å². The minimum Gasteiger partial charge on any atom is -0.373 e. The van der Waals surface area contributed by atoms with Gasteiger partial charge in [-0.25, -0.2) is 8.78 Å². The van der Waals surface area contributed by atoms with E-state index in [1.807, 2.05) is 11.9 Å². The summed E-state index contributed by atoms with van der Waals surface area (Å²) in [5.41, 5.74) is 0.988. The maximum Gasteiger partial charge on any atom is 0.152 e. The number of aromatic nitrogens is 1. The second-order valence-electron chi connectivity index (χ2n) is 6.55. The van der Waals surface area contributed by atoms with Gasteiger partial charge in [0, 0.05) is 56.6 Å². The van der Waals surface area contributed by atoms with Crippen LogP contribution in [0.2, 0.25) is 0 Å². The van der Waals surface area contributed by atoms with Gasteiger partial charge in [0.2, 0.25) is 0 Å². The molecule has 24 heavy (non-hydrogen) atoms. The van der Waals surface area contributed by atoms with Crippen LogP contribution in [0.15, 0.2) is 24.4 Å². The number of nitrogens with zero attached hydrogens (tertiary/aromatic N) is 3. The molecule has 0 N–H and O–H groups in total. The van der Waals surface area contributed by atoms with Gasteiger partial charge in [-0.3, -0.25) is 9.88 Å². The molecule has 6 heteroatoms. The lowest BCUT2D eigenvalue weighted by molar-refractivity contribution is -0.0670. The summed E-state index contributed by atoms with van der Waals surface area (Å²) in [7, 11) is 1.94. The normalized spacial score (nSPS) is 22.0. The van der Waals surface area contributed by atoms with Crippen LogP contribution in [-0.2, 0) is 4.74 Å². The first-order valence-electron chi connectivity index (χ1n) is 8.26. The molecule has 0 unspecified atom stereocenters. The number of rotatable bonds is 4. The van der Waals surface area contributed by atoms with E-state index in [9.17, 15) is 8.78 Å². The zero-order chi connectivity index (χ0) is 17.3. The molecule has 1 fully saturated rings. The second-order valence-corrected chi connectivity index (χ2v) is 6.55. The quantitative estimate of drug-likeness (QED) is 0.859. The fourth-order valence-corrected chi connectivity index (χ4v) is 3.38. The van der Waals surface area contributed by atoms with Crippen LogP contribution in [0.3, 0.4) is 0 Å². The molecule has 1 aromatic carbocycles. The van der Waals surface area contributed by atoms with Crippen molar-refractivity contribution >= 4 is 16.6 Å². The standard InChI is InChI=1S/C18H23F2N3O/c1-12-10-23(11-13(2)24-12)7-6-22(3)17-4-5-21-18-15(17)8-14(19)9-16(18)20/h4-5,8-9,12-13H,6-7,10-11H2,1-3H3/t12-,13+. The average molecular weight is 335 g/mol. The van der Waals surface area contributed by atoms with Gasteiger partial charge < -0.3 is 9.64 Å². The van der Waals surface area contributed by atoms with E-state index in [0.29, 0.717) is 5.39 Å². The molecule has 1 aliphatic heterocycles.